The van der Waals surface area contributed by atoms with Gasteiger partial charge < -0.3 is 10.4 Å². The zero-order chi connectivity index (χ0) is 14.0. The average molecular weight is 269 g/mol. The van der Waals surface area contributed by atoms with E-state index < -0.39 is 29.6 Å². The molecule has 1 saturated carbocycles. The van der Waals surface area contributed by atoms with Crippen molar-refractivity contribution in [2.45, 2.75) is 25.3 Å². The summed E-state index contributed by atoms with van der Waals surface area (Å²) in [4.78, 5) is 22.8. The number of hydrogen-bond acceptors (Lipinski definition) is 2. The van der Waals surface area contributed by atoms with E-state index >= 15 is 0 Å². The Morgan fingerprint density at radius 2 is 2.00 bits per heavy atom. The van der Waals surface area contributed by atoms with Crippen molar-refractivity contribution in [2.24, 2.45) is 5.92 Å². The standard InChI is InChI=1S/C13H13F2NO3/c14-9-4-3-8(6-10(9)15)12(17)16-11(13(18)19)5-7-1-2-7/h3-4,6-7,11H,1-2,5H2,(H,16,17)(H,18,19). The Morgan fingerprint density at radius 3 is 2.53 bits per heavy atom. The zero-order valence-corrected chi connectivity index (χ0v) is 10.0. The summed E-state index contributed by atoms with van der Waals surface area (Å²) in [7, 11) is 0. The van der Waals surface area contributed by atoms with E-state index in [0.29, 0.717) is 12.3 Å². The second-order valence-corrected chi connectivity index (χ2v) is 4.67. The van der Waals surface area contributed by atoms with E-state index in [-0.39, 0.29) is 5.56 Å². The van der Waals surface area contributed by atoms with E-state index in [2.05, 4.69) is 5.32 Å². The van der Waals surface area contributed by atoms with Crippen LogP contribution < -0.4 is 5.32 Å². The number of amides is 1. The molecule has 0 bridgehead atoms. The third kappa shape index (κ3) is 3.49. The molecule has 0 aliphatic heterocycles. The molecule has 1 amide bonds. The highest BCUT2D eigenvalue weighted by molar-refractivity contribution is 5.96. The van der Waals surface area contributed by atoms with Crippen molar-refractivity contribution >= 4 is 11.9 Å². The van der Waals surface area contributed by atoms with Crippen LogP contribution in [-0.2, 0) is 4.79 Å². The predicted molar refractivity (Wildman–Crippen MR) is 62.6 cm³/mol. The van der Waals surface area contributed by atoms with Gasteiger partial charge in [-0.05, 0) is 30.5 Å². The van der Waals surface area contributed by atoms with Crippen LogP contribution >= 0.6 is 0 Å². The number of nitrogens with one attached hydrogen (secondary N) is 1. The molecule has 1 aliphatic carbocycles. The SMILES string of the molecule is O=C(NC(CC1CC1)C(=O)O)c1ccc(F)c(F)c1. The second kappa shape index (κ2) is 5.34. The van der Waals surface area contributed by atoms with Gasteiger partial charge in [-0.25, -0.2) is 13.6 Å². The van der Waals surface area contributed by atoms with Gasteiger partial charge in [0.05, 0.1) is 0 Å². The molecule has 2 N–H and O–H groups in total. The van der Waals surface area contributed by atoms with Crippen LogP contribution in [0.15, 0.2) is 18.2 Å². The van der Waals surface area contributed by atoms with Gasteiger partial charge in [-0.15, -0.1) is 0 Å². The van der Waals surface area contributed by atoms with Crippen LogP contribution in [0.4, 0.5) is 8.78 Å². The maximum Gasteiger partial charge on any atom is 0.326 e. The number of rotatable bonds is 5. The lowest BCUT2D eigenvalue weighted by atomic mass is 10.1. The van der Waals surface area contributed by atoms with Crippen molar-refractivity contribution in [1.82, 2.24) is 5.32 Å². The van der Waals surface area contributed by atoms with Gasteiger partial charge in [-0.2, -0.15) is 0 Å². The van der Waals surface area contributed by atoms with Gasteiger partial charge in [-0.1, -0.05) is 12.8 Å². The molecule has 4 nitrogen and oxygen atoms in total. The number of aliphatic carboxylic acids is 1. The lowest BCUT2D eigenvalue weighted by molar-refractivity contribution is -0.139. The highest BCUT2D eigenvalue weighted by Gasteiger charge is 2.30. The van der Waals surface area contributed by atoms with Crippen LogP contribution in [0.1, 0.15) is 29.6 Å². The van der Waals surface area contributed by atoms with Crippen LogP contribution in [0.3, 0.4) is 0 Å². The Morgan fingerprint density at radius 1 is 1.32 bits per heavy atom. The van der Waals surface area contributed by atoms with Crippen molar-refractivity contribution in [1.29, 1.82) is 0 Å². The van der Waals surface area contributed by atoms with E-state index in [9.17, 15) is 18.4 Å². The smallest absolute Gasteiger partial charge is 0.326 e. The third-order valence-electron chi connectivity index (χ3n) is 3.05. The van der Waals surface area contributed by atoms with E-state index in [4.69, 9.17) is 5.11 Å². The van der Waals surface area contributed by atoms with Gasteiger partial charge >= 0.3 is 5.97 Å². The molecule has 1 unspecified atom stereocenters. The molecule has 0 saturated heterocycles. The molecule has 0 radical (unpaired) electrons. The highest BCUT2D eigenvalue weighted by atomic mass is 19.2. The number of carbonyl (C=O) groups excluding carboxylic acids is 1. The summed E-state index contributed by atoms with van der Waals surface area (Å²) in [6, 6.07) is 1.71. The van der Waals surface area contributed by atoms with E-state index in [0.717, 1.165) is 31.0 Å². The summed E-state index contributed by atoms with van der Waals surface area (Å²) >= 11 is 0. The number of halogens is 2. The predicted octanol–water partition coefficient (Wildman–Crippen LogP) is 1.95. The first-order chi connectivity index (χ1) is 8.97. The van der Waals surface area contributed by atoms with Gasteiger partial charge in [0.1, 0.15) is 6.04 Å². The summed E-state index contributed by atoms with van der Waals surface area (Å²) in [6.07, 6.45) is 2.29. The number of carboxylic acids is 1. The van der Waals surface area contributed by atoms with Gasteiger partial charge in [0.15, 0.2) is 11.6 Å². The fourth-order valence-electron chi connectivity index (χ4n) is 1.79. The minimum Gasteiger partial charge on any atom is -0.480 e. The van der Waals surface area contributed by atoms with Crippen LogP contribution in [0, 0.1) is 17.6 Å². The highest BCUT2D eigenvalue weighted by Crippen LogP contribution is 2.33. The molecular weight excluding hydrogens is 256 g/mol. The average Bonchev–Trinajstić information content (AvgIpc) is 3.15. The monoisotopic (exact) mass is 269 g/mol. The Hall–Kier alpha value is -1.98. The number of hydrogen-bond donors (Lipinski definition) is 2. The first-order valence-corrected chi connectivity index (χ1v) is 5.96. The molecule has 0 spiro atoms. The maximum absolute atomic E-state index is 13.0. The topological polar surface area (TPSA) is 66.4 Å². The zero-order valence-electron chi connectivity index (χ0n) is 10.0. The number of carboxylic acid groups (broad SMARTS) is 1. The minimum atomic E-state index is -1.14. The van der Waals surface area contributed by atoms with Gasteiger partial charge in [-0.3, -0.25) is 4.79 Å². The van der Waals surface area contributed by atoms with Gasteiger partial charge in [0.25, 0.3) is 5.91 Å². The Kier molecular flexibility index (Phi) is 3.78. The summed E-state index contributed by atoms with van der Waals surface area (Å²) in [5, 5.41) is 11.3. The normalized spacial score (nSPS) is 15.9. The van der Waals surface area contributed by atoms with Gasteiger partial charge in [0, 0.05) is 5.56 Å². The minimum absolute atomic E-state index is 0.0963. The third-order valence-corrected chi connectivity index (χ3v) is 3.05. The summed E-state index contributed by atoms with van der Waals surface area (Å²) in [6.45, 7) is 0. The molecule has 0 heterocycles. The summed E-state index contributed by atoms with van der Waals surface area (Å²) in [5.41, 5.74) is -0.0963. The summed E-state index contributed by atoms with van der Waals surface area (Å²) < 4.78 is 25.7. The second-order valence-electron chi connectivity index (χ2n) is 4.67. The Balaban J connectivity index is 2.05. The fourth-order valence-corrected chi connectivity index (χ4v) is 1.79. The van der Waals surface area contributed by atoms with Crippen LogP contribution in [0.25, 0.3) is 0 Å². The number of benzene rings is 1. The van der Waals surface area contributed by atoms with Crippen molar-refractivity contribution < 1.29 is 23.5 Å². The Labute approximate surface area is 108 Å². The molecule has 1 aromatic rings. The Bertz CT molecular complexity index is 515. The maximum atomic E-state index is 13.0. The van der Waals surface area contributed by atoms with E-state index in [1.807, 2.05) is 0 Å². The van der Waals surface area contributed by atoms with Gasteiger partial charge in [0.2, 0.25) is 0 Å². The lowest BCUT2D eigenvalue weighted by Gasteiger charge is -2.14. The lowest BCUT2D eigenvalue weighted by Crippen LogP contribution is -2.41. The molecule has 0 aromatic heterocycles. The van der Waals surface area contributed by atoms with Crippen molar-refractivity contribution in [3.63, 3.8) is 0 Å². The van der Waals surface area contributed by atoms with E-state index in [1.54, 1.807) is 0 Å². The summed E-state index contributed by atoms with van der Waals surface area (Å²) in [5.74, 6) is -3.70. The van der Waals surface area contributed by atoms with Crippen molar-refractivity contribution in [3.8, 4) is 0 Å². The largest absolute Gasteiger partial charge is 0.480 e. The van der Waals surface area contributed by atoms with Crippen molar-refractivity contribution in [3.05, 3.63) is 35.4 Å². The molecule has 102 valence electrons. The number of carbonyl (C=O) groups is 2. The first kappa shape index (κ1) is 13.5. The first-order valence-electron chi connectivity index (χ1n) is 5.96. The van der Waals surface area contributed by atoms with Crippen molar-refractivity contribution in [2.75, 3.05) is 0 Å². The molecule has 1 atom stereocenters. The van der Waals surface area contributed by atoms with Crippen LogP contribution in [0.2, 0.25) is 0 Å². The van der Waals surface area contributed by atoms with E-state index in [1.165, 1.54) is 0 Å². The van der Waals surface area contributed by atoms with Crippen LogP contribution in [-0.4, -0.2) is 23.0 Å². The molecule has 1 aromatic carbocycles. The molecule has 6 heteroatoms. The quantitative estimate of drug-likeness (QED) is 0.858. The molecule has 2 rings (SSSR count). The molecule has 1 fully saturated rings. The fraction of sp³-hybridized carbons (Fsp3) is 0.385. The van der Waals surface area contributed by atoms with Crippen LogP contribution in [0.5, 0.6) is 0 Å². The molecule has 1 aliphatic rings. The molecule has 19 heavy (non-hydrogen) atoms. The molecular formula is C13H13F2NO3.